The third-order valence-electron chi connectivity index (χ3n) is 2.98. The van der Waals surface area contributed by atoms with Crippen LogP contribution in [0.5, 0.6) is 0 Å². The van der Waals surface area contributed by atoms with Crippen LogP contribution in [-0.4, -0.2) is 33.0 Å². The summed E-state index contributed by atoms with van der Waals surface area (Å²) in [7, 11) is -1.35. The van der Waals surface area contributed by atoms with Crippen LogP contribution < -0.4 is 5.32 Å². The van der Waals surface area contributed by atoms with Gasteiger partial charge in [-0.1, -0.05) is 18.2 Å². The monoisotopic (exact) mass is 297 g/mol. The van der Waals surface area contributed by atoms with Gasteiger partial charge in [0.25, 0.3) is 0 Å². The van der Waals surface area contributed by atoms with Gasteiger partial charge < -0.3 is 10.4 Å². The Labute approximate surface area is 120 Å². The van der Waals surface area contributed by atoms with Crippen LogP contribution in [0.25, 0.3) is 0 Å². The molecule has 0 aliphatic rings. The summed E-state index contributed by atoms with van der Waals surface area (Å²) in [5, 5.41) is 11.3. The van der Waals surface area contributed by atoms with Crippen LogP contribution in [0.2, 0.25) is 0 Å². The zero-order valence-corrected chi connectivity index (χ0v) is 12.6. The summed E-state index contributed by atoms with van der Waals surface area (Å²) in [6, 6.07) is 4.68. The first-order valence-corrected chi connectivity index (χ1v) is 7.70. The lowest BCUT2D eigenvalue weighted by atomic mass is 10.1. The fraction of sp³-hybridized carbons (Fsp3) is 0.429. The number of carbonyl (C=O) groups is 2. The van der Waals surface area contributed by atoms with Crippen LogP contribution in [0, 0.1) is 13.8 Å². The first-order chi connectivity index (χ1) is 9.31. The Balaban J connectivity index is 2.76. The Bertz CT molecular complexity index is 522. The molecule has 0 aliphatic carbocycles. The van der Waals surface area contributed by atoms with Gasteiger partial charge >= 0.3 is 5.97 Å². The lowest BCUT2D eigenvalue weighted by molar-refractivity contribution is -0.140. The molecule has 1 aromatic rings. The maximum atomic E-state index is 12.1. The highest BCUT2D eigenvalue weighted by Crippen LogP contribution is 2.15. The molecular weight excluding hydrogens is 278 g/mol. The highest BCUT2D eigenvalue weighted by Gasteiger charge is 2.21. The zero-order chi connectivity index (χ0) is 15.3. The van der Waals surface area contributed by atoms with Gasteiger partial charge in [-0.2, -0.15) is 0 Å². The molecule has 2 atom stereocenters. The van der Waals surface area contributed by atoms with Gasteiger partial charge in [-0.3, -0.25) is 9.00 Å². The predicted molar refractivity (Wildman–Crippen MR) is 77.9 cm³/mol. The van der Waals surface area contributed by atoms with Gasteiger partial charge in [0.15, 0.2) is 0 Å². The first-order valence-electron chi connectivity index (χ1n) is 6.21. The SMILES string of the molecule is CC(=O)NC(CS(=O)Cc1c(C)cccc1C)C(=O)O. The summed E-state index contributed by atoms with van der Waals surface area (Å²) in [6.45, 7) is 5.11. The third kappa shape index (κ3) is 4.77. The Morgan fingerprint density at radius 3 is 2.30 bits per heavy atom. The van der Waals surface area contributed by atoms with Crippen molar-refractivity contribution in [3.05, 3.63) is 34.9 Å². The van der Waals surface area contributed by atoms with E-state index in [-0.39, 0.29) is 5.75 Å². The normalized spacial score (nSPS) is 13.6. The van der Waals surface area contributed by atoms with Crippen molar-refractivity contribution in [1.82, 2.24) is 5.32 Å². The van der Waals surface area contributed by atoms with Crippen LogP contribution in [0.3, 0.4) is 0 Å². The largest absolute Gasteiger partial charge is 0.480 e. The summed E-state index contributed by atoms with van der Waals surface area (Å²) in [6.07, 6.45) is 0. The number of hydrogen-bond donors (Lipinski definition) is 2. The molecule has 0 radical (unpaired) electrons. The van der Waals surface area contributed by atoms with Crippen molar-refractivity contribution < 1.29 is 18.9 Å². The highest BCUT2D eigenvalue weighted by molar-refractivity contribution is 7.84. The molecule has 0 aromatic heterocycles. The lowest BCUT2D eigenvalue weighted by Gasteiger charge is -2.14. The molecule has 0 aliphatic heterocycles. The number of carboxylic acid groups (broad SMARTS) is 1. The smallest absolute Gasteiger partial charge is 0.327 e. The fourth-order valence-electron chi connectivity index (χ4n) is 1.90. The van der Waals surface area contributed by atoms with E-state index in [9.17, 15) is 13.8 Å². The van der Waals surface area contributed by atoms with Crippen molar-refractivity contribution in [2.24, 2.45) is 0 Å². The van der Waals surface area contributed by atoms with Crippen LogP contribution in [0.15, 0.2) is 18.2 Å². The summed E-state index contributed by atoms with van der Waals surface area (Å²) in [5.74, 6) is -1.42. The number of aliphatic carboxylic acids is 1. The molecular formula is C14H19NO4S. The number of benzene rings is 1. The number of carboxylic acids is 1. The second kappa shape index (κ2) is 7.19. The predicted octanol–water partition coefficient (Wildman–Crippen LogP) is 1.14. The number of carbonyl (C=O) groups excluding carboxylic acids is 1. The standard InChI is InChI=1S/C14H19NO4S/c1-9-5-4-6-10(2)12(9)7-20(19)8-13(14(17)18)15-11(3)16/h4-6,13H,7-8H2,1-3H3,(H,15,16)(H,17,18). The summed E-state index contributed by atoms with van der Waals surface area (Å²) >= 11 is 0. The molecule has 6 heteroatoms. The van der Waals surface area contributed by atoms with E-state index in [4.69, 9.17) is 5.11 Å². The average molecular weight is 297 g/mol. The molecule has 1 aromatic carbocycles. The van der Waals surface area contributed by atoms with Crippen LogP contribution in [0.1, 0.15) is 23.6 Å². The molecule has 2 unspecified atom stereocenters. The molecule has 0 saturated carbocycles. The van der Waals surface area contributed by atoms with E-state index >= 15 is 0 Å². The second-order valence-electron chi connectivity index (χ2n) is 4.71. The van der Waals surface area contributed by atoms with E-state index in [0.29, 0.717) is 5.75 Å². The molecule has 5 nitrogen and oxygen atoms in total. The summed E-state index contributed by atoms with van der Waals surface area (Å²) in [4.78, 5) is 21.9. The van der Waals surface area contributed by atoms with E-state index in [0.717, 1.165) is 16.7 Å². The Hall–Kier alpha value is -1.69. The van der Waals surface area contributed by atoms with Crippen LogP contribution in [0.4, 0.5) is 0 Å². The molecule has 1 amide bonds. The minimum absolute atomic E-state index is 0.0946. The highest BCUT2D eigenvalue weighted by atomic mass is 32.2. The summed E-state index contributed by atoms with van der Waals surface area (Å²) in [5.41, 5.74) is 3.03. The maximum Gasteiger partial charge on any atom is 0.327 e. The van der Waals surface area contributed by atoms with E-state index in [2.05, 4.69) is 5.32 Å². The molecule has 0 heterocycles. The van der Waals surface area contributed by atoms with Gasteiger partial charge in [-0.25, -0.2) is 4.79 Å². The zero-order valence-electron chi connectivity index (χ0n) is 11.8. The fourth-order valence-corrected chi connectivity index (χ4v) is 3.40. The van der Waals surface area contributed by atoms with Gasteiger partial charge in [-0.15, -0.1) is 0 Å². The molecule has 0 bridgehead atoms. The molecule has 2 N–H and O–H groups in total. The van der Waals surface area contributed by atoms with Crippen molar-refractivity contribution in [1.29, 1.82) is 0 Å². The third-order valence-corrected chi connectivity index (χ3v) is 4.29. The summed E-state index contributed by atoms with van der Waals surface area (Å²) < 4.78 is 12.1. The van der Waals surface area contributed by atoms with Gasteiger partial charge in [0, 0.05) is 23.5 Å². The minimum Gasteiger partial charge on any atom is -0.480 e. The number of rotatable bonds is 6. The van der Waals surface area contributed by atoms with E-state index in [1.54, 1.807) is 0 Å². The Morgan fingerprint density at radius 1 is 1.30 bits per heavy atom. The first kappa shape index (κ1) is 16.4. The molecule has 1 rings (SSSR count). The van der Waals surface area contributed by atoms with E-state index in [1.807, 2.05) is 32.0 Å². The second-order valence-corrected chi connectivity index (χ2v) is 6.21. The quantitative estimate of drug-likeness (QED) is 0.825. The lowest BCUT2D eigenvalue weighted by Crippen LogP contribution is -2.43. The molecule has 0 saturated heterocycles. The van der Waals surface area contributed by atoms with Crippen LogP contribution in [-0.2, 0) is 26.1 Å². The van der Waals surface area contributed by atoms with Gasteiger partial charge in [-0.05, 0) is 30.5 Å². The molecule has 110 valence electrons. The van der Waals surface area contributed by atoms with Crippen molar-refractivity contribution in [3.63, 3.8) is 0 Å². The van der Waals surface area contributed by atoms with E-state index < -0.39 is 28.7 Å². The minimum atomic E-state index is -1.35. The number of aryl methyl sites for hydroxylation is 2. The van der Waals surface area contributed by atoms with Crippen molar-refractivity contribution >= 4 is 22.7 Å². The average Bonchev–Trinajstić information content (AvgIpc) is 2.32. The number of amides is 1. The topological polar surface area (TPSA) is 83.5 Å². The van der Waals surface area contributed by atoms with Crippen LogP contribution >= 0.6 is 0 Å². The Morgan fingerprint density at radius 2 is 1.85 bits per heavy atom. The van der Waals surface area contributed by atoms with Gasteiger partial charge in [0.05, 0.1) is 5.75 Å². The van der Waals surface area contributed by atoms with Gasteiger partial charge in [0.1, 0.15) is 6.04 Å². The molecule has 0 spiro atoms. The Kier molecular flexibility index (Phi) is 5.88. The molecule has 0 fully saturated rings. The van der Waals surface area contributed by atoms with Crippen molar-refractivity contribution in [2.75, 3.05) is 5.75 Å². The molecule has 20 heavy (non-hydrogen) atoms. The maximum absolute atomic E-state index is 12.1. The van der Waals surface area contributed by atoms with Crippen molar-refractivity contribution in [2.45, 2.75) is 32.6 Å². The number of hydrogen-bond acceptors (Lipinski definition) is 3. The van der Waals surface area contributed by atoms with Gasteiger partial charge in [0.2, 0.25) is 5.91 Å². The number of nitrogens with one attached hydrogen (secondary N) is 1. The van der Waals surface area contributed by atoms with E-state index in [1.165, 1.54) is 6.92 Å². The van der Waals surface area contributed by atoms with Crippen molar-refractivity contribution in [3.8, 4) is 0 Å².